The van der Waals surface area contributed by atoms with E-state index in [1.807, 2.05) is 6.92 Å². The highest BCUT2D eigenvalue weighted by atomic mass is 32.2. The molecule has 1 atom stereocenters. The van der Waals surface area contributed by atoms with Gasteiger partial charge in [-0.05, 0) is 20.3 Å². The molecule has 0 fully saturated rings. The van der Waals surface area contributed by atoms with Gasteiger partial charge in [0.2, 0.25) is 15.9 Å². The van der Waals surface area contributed by atoms with Gasteiger partial charge in [-0.2, -0.15) is 14.8 Å². The molecule has 0 saturated carbocycles. The molecule has 9 heteroatoms. The molecule has 0 bridgehead atoms. The molecule has 20 heavy (non-hydrogen) atoms. The Morgan fingerprint density at radius 2 is 2.25 bits per heavy atom. The van der Waals surface area contributed by atoms with Crippen molar-refractivity contribution >= 4 is 10.0 Å². The van der Waals surface area contributed by atoms with Crippen molar-refractivity contribution in [2.75, 3.05) is 0 Å². The summed E-state index contributed by atoms with van der Waals surface area (Å²) < 4.78 is 33.4. The number of hydrogen-bond acceptors (Lipinski definition) is 6. The van der Waals surface area contributed by atoms with Gasteiger partial charge in [0, 0.05) is 12.7 Å². The summed E-state index contributed by atoms with van der Waals surface area (Å²) in [5.74, 6) is 0.689. The lowest BCUT2D eigenvalue weighted by atomic mass is 10.4. The summed E-state index contributed by atoms with van der Waals surface area (Å²) in [5.41, 5.74) is 0. The monoisotopic (exact) mass is 299 g/mol. The highest BCUT2D eigenvalue weighted by Crippen LogP contribution is 2.15. The fourth-order valence-electron chi connectivity index (χ4n) is 1.67. The van der Waals surface area contributed by atoms with Crippen LogP contribution in [-0.4, -0.2) is 28.3 Å². The van der Waals surface area contributed by atoms with Crippen LogP contribution in [0.3, 0.4) is 0 Å². The fraction of sp³-hybridized carbons (Fsp3) is 0.545. The normalized spacial score (nSPS) is 13.6. The van der Waals surface area contributed by atoms with Crippen LogP contribution in [-0.2, 0) is 16.6 Å². The molecule has 8 nitrogen and oxygen atoms in total. The van der Waals surface area contributed by atoms with E-state index in [-0.39, 0.29) is 10.8 Å². The van der Waals surface area contributed by atoms with Crippen LogP contribution in [0.5, 0.6) is 0 Å². The lowest BCUT2D eigenvalue weighted by molar-refractivity contribution is 0.351. The van der Waals surface area contributed by atoms with Gasteiger partial charge in [0.1, 0.15) is 4.90 Å². The Morgan fingerprint density at radius 3 is 2.85 bits per heavy atom. The number of nitrogens with zero attached hydrogens (tertiary/aromatic N) is 4. The molecule has 2 heterocycles. The fourth-order valence-corrected chi connectivity index (χ4v) is 2.82. The van der Waals surface area contributed by atoms with Crippen LogP contribution < -0.4 is 4.72 Å². The molecule has 0 amide bonds. The molecule has 2 aromatic heterocycles. The van der Waals surface area contributed by atoms with E-state index in [1.54, 1.807) is 18.5 Å². The van der Waals surface area contributed by atoms with Gasteiger partial charge in [-0.15, -0.1) is 0 Å². The molecule has 0 unspecified atom stereocenters. The molecule has 0 aliphatic heterocycles. The average molecular weight is 299 g/mol. The Balaban J connectivity index is 2.13. The van der Waals surface area contributed by atoms with Gasteiger partial charge in [-0.1, -0.05) is 12.1 Å². The minimum atomic E-state index is -3.66. The third-order valence-corrected chi connectivity index (χ3v) is 4.11. The number of hydrogen-bond donors (Lipinski definition) is 1. The molecule has 110 valence electrons. The van der Waals surface area contributed by atoms with Crippen molar-refractivity contribution in [3.63, 3.8) is 0 Å². The van der Waals surface area contributed by atoms with E-state index < -0.39 is 16.1 Å². The second kappa shape index (κ2) is 5.71. The second-order valence-electron chi connectivity index (χ2n) is 4.46. The van der Waals surface area contributed by atoms with Crippen LogP contribution in [0.2, 0.25) is 0 Å². The lowest BCUT2D eigenvalue weighted by Gasteiger charge is -2.08. The van der Waals surface area contributed by atoms with Crippen molar-refractivity contribution in [3.8, 4) is 0 Å². The number of nitrogens with one attached hydrogen (secondary N) is 1. The van der Waals surface area contributed by atoms with Crippen LogP contribution in [0.1, 0.15) is 38.0 Å². The van der Waals surface area contributed by atoms with E-state index in [2.05, 4.69) is 20.0 Å². The van der Waals surface area contributed by atoms with Gasteiger partial charge in [0.25, 0.3) is 0 Å². The molecular formula is C11H17N5O3S. The van der Waals surface area contributed by atoms with Crippen molar-refractivity contribution in [2.45, 2.75) is 44.7 Å². The highest BCUT2D eigenvalue weighted by Gasteiger charge is 2.23. The summed E-state index contributed by atoms with van der Waals surface area (Å²) in [6.45, 7) is 5.98. The average Bonchev–Trinajstić information content (AvgIpc) is 2.98. The molecule has 0 spiro atoms. The van der Waals surface area contributed by atoms with Crippen LogP contribution >= 0.6 is 0 Å². The van der Waals surface area contributed by atoms with E-state index in [0.29, 0.717) is 12.4 Å². The standard InChI is InChI=1S/C11H17N5O3S/c1-4-5-16-7-10(6-12-16)20(17,18)15-8(2)11-13-9(3)14-19-11/h6-8,15H,4-5H2,1-3H3/t8-/m0/s1. The Labute approximate surface area is 117 Å². The van der Waals surface area contributed by atoms with E-state index in [9.17, 15) is 8.42 Å². The maximum Gasteiger partial charge on any atom is 0.244 e. The second-order valence-corrected chi connectivity index (χ2v) is 6.18. The molecule has 0 aliphatic rings. The third-order valence-electron chi connectivity index (χ3n) is 2.62. The number of aromatic nitrogens is 4. The summed E-state index contributed by atoms with van der Waals surface area (Å²) in [7, 11) is -3.66. The molecule has 0 radical (unpaired) electrons. The van der Waals surface area contributed by atoms with Crippen LogP contribution in [0.4, 0.5) is 0 Å². The predicted molar refractivity (Wildman–Crippen MR) is 70.3 cm³/mol. The number of aryl methyl sites for hydroxylation is 2. The molecule has 1 N–H and O–H groups in total. The summed E-state index contributed by atoms with van der Waals surface area (Å²) in [4.78, 5) is 4.12. The highest BCUT2D eigenvalue weighted by molar-refractivity contribution is 7.89. The zero-order valence-electron chi connectivity index (χ0n) is 11.6. The summed E-state index contributed by atoms with van der Waals surface area (Å²) >= 11 is 0. The molecule has 0 aromatic carbocycles. The largest absolute Gasteiger partial charge is 0.338 e. The topological polar surface area (TPSA) is 103 Å². The van der Waals surface area contributed by atoms with Crippen molar-refractivity contribution in [1.82, 2.24) is 24.6 Å². The lowest BCUT2D eigenvalue weighted by Crippen LogP contribution is -2.26. The summed E-state index contributed by atoms with van der Waals surface area (Å²) in [6, 6.07) is -0.601. The zero-order valence-corrected chi connectivity index (χ0v) is 12.4. The zero-order chi connectivity index (χ0) is 14.8. The van der Waals surface area contributed by atoms with E-state index in [4.69, 9.17) is 4.52 Å². The quantitative estimate of drug-likeness (QED) is 0.854. The maximum absolute atomic E-state index is 12.2. The minimum Gasteiger partial charge on any atom is -0.338 e. The number of rotatable bonds is 6. The van der Waals surface area contributed by atoms with Crippen molar-refractivity contribution in [1.29, 1.82) is 0 Å². The SMILES string of the molecule is CCCn1cc(S(=O)(=O)N[C@@H](C)c2nc(C)no2)cn1. The minimum absolute atomic E-state index is 0.119. The van der Waals surface area contributed by atoms with Crippen molar-refractivity contribution < 1.29 is 12.9 Å². The van der Waals surface area contributed by atoms with E-state index in [0.717, 1.165) is 6.42 Å². The Bertz CT molecular complexity index is 676. The molecule has 2 aromatic rings. The van der Waals surface area contributed by atoms with Crippen LogP contribution in [0, 0.1) is 6.92 Å². The van der Waals surface area contributed by atoms with E-state index in [1.165, 1.54) is 12.4 Å². The molecule has 0 aliphatic carbocycles. The first-order valence-corrected chi connectivity index (χ1v) is 7.75. The van der Waals surface area contributed by atoms with Crippen molar-refractivity contribution in [2.24, 2.45) is 0 Å². The first-order valence-electron chi connectivity index (χ1n) is 6.27. The molecule has 2 rings (SSSR count). The number of sulfonamides is 1. The Morgan fingerprint density at radius 1 is 1.50 bits per heavy atom. The van der Waals surface area contributed by atoms with Gasteiger partial charge in [-0.25, -0.2) is 8.42 Å². The smallest absolute Gasteiger partial charge is 0.244 e. The van der Waals surface area contributed by atoms with Gasteiger partial charge < -0.3 is 4.52 Å². The van der Waals surface area contributed by atoms with E-state index >= 15 is 0 Å². The van der Waals surface area contributed by atoms with Gasteiger partial charge in [0.15, 0.2) is 5.82 Å². The Hall–Kier alpha value is -1.74. The first kappa shape index (κ1) is 14.7. The van der Waals surface area contributed by atoms with Crippen LogP contribution in [0.25, 0.3) is 0 Å². The third kappa shape index (κ3) is 3.23. The van der Waals surface area contributed by atoms with Gasteiger partial charge >= 0.3 is 0 Å². The summed E-state index contributed by atoms with van der Waals surface area (Å²) in [6.07, 6.45) is 3.70. The Kier molecular flexibility index (Phi) is 4.19. The molecular weight excluding hydrogens is 282 g/mol. The van der Waals surface area contributed by atoms with Gasteiger partial charge in [0.05, 0.1) is 12.2 Å². The predicted octanol–water partition coefficient (Wildman–Crippen LogP) is 1.02. The van der Waals surface area contributed by atoms with Gasteiger partial charge in [-0.3, -0.25) is 4.68 Å². The molecule has 0 saturated heterocycles. The van der Waals surface area contributed by atoms with Crippen LogP contribution in [0.15, 0.2) is 21.8 Å². The first-order chi connectivity index (χ1) is 9.42. The maximum atomic E-state index is 12.2. The summed E-state index contributed by atoms with van der Waals surface area (Å²) in [5, 5.41) is 7.63. The van der Waals surface area contributed by atoms with Crippen molar-refractivity contribution in [3.05, 3.63) is 24.1 Å².